The number of rotatable bonds is 7. The van der Waals surface area contributed by atoms with Gasteiger partial charge in [-0.15, -0.1) is 0 Å². The number of anilines is 4. The van der Waals surface area contributed by atoms with Gasteiger partial charge in [0.2, 0.25) is 5.95 Å². The maximum Gasteiger partial charge on any atom is 0.226 e. The van der Waals surface area contributed by atoms with Gasteiger partial charge in [-0.05, 0) is 38.3 Å². The zero-order valence-electron chi connectivity index (χ0n) is 15.1. The van der Waals surface area contributed by atoms with E-state index in [0.717, 1.165) is 30.4 Å². The summed E-state index contributed by atoms with van der Waals surface area (Å²) in [5.41, 5.74) is 2.26. The molecule has 0 saturated carbocycles. The lowest BCUT2D eigenvalue weighted by Gasteiger charge is -2.28. The van der Waals surface area contributed by atoms with Crippen LogP contribution in [0.15, 0.2) is 30.3 Å². The number of benzene rings is 1. The lowest BCUT2D eigenvalue weighted by Crippen LogP contribution is -2.30. The van der Waals surface area contributed by atoms with Gasteiger partial charge in [0.1, 0.15) is 11.6 Å². The van der Waals surface area contributed by atoms with Crippen molar-refractivity contribution in [3.05, 3.63) is 35.9 Å². The molecule has 0 radical (unpaired) electrons. The number of hydrogen-bond donors (Lipinski definition) is 2. The van der Waals surface area contributed by atoms with Crippen LogP contribution < -0.4 is 15.5 Å². The average Bonchev–Trinajstić information content (AvgIpc) is 2.64. The van der Waals surface area contributed by atoms with Gasteiger partial charge in [0.15, 0.2) is 0 Å². The van der Waals surface area contributed by atoms with Crippen molar-refractivity contribution in [2.24, 2.45) is 0 Å². The van der Waals surface area contributed by atoms with E-state index in [4.69, 9.17) is 9.72 Å². The SMILES string of the molecule is COCCNc1nc(Nc2ccc(C)cc2)cc(N2CCCCC2)n1. The third-order valence-corrected chi connectivity index (χ3v) is 4.31. The Balaban J connectivity index is 1.81. The van der Waals surface area contributed by atoms with Crippen LogP contribution in [0.5, 0.6) is 0 Å². The summed E-state index contributed by atoms with van der Waals surface area (Å²) < 4.78 is 5.10. The van der Waals surface area contributed by atoms with E-state index in [1.54, 1.807) is 7.11 Å². The topological polar surface area (TPSA) is 62.3 Å². The van der Waals surface area contributed by atoms with Crippen LogP contribution in [0.2, 0.25) is 0 Å². The monoisotopic (exact) mass is 341 g/mol. The first kappa shape index (κ1) is 17.5. The third kappa shape index (κ3) is 5.06. The standard InChI is InChI=1S/C19H27N5O/c1-15-6-8-16(9-7-15)21-17-14-18(24-11-4-3-5-12-24)23-19(22-17)20-10-13-25-2/h6-9,14H,3-5,10-13H2,1-2H3,(H2,20,21,22,23). The molecule has 1 aromatic carbocycles. The molecule has 2 heterocycles. The summed E-state index contributed by atoms with van der Waals surface area (Å²) >= 11 is 0. The van der Waals surface area contributed by atoms with Crippen molar-refractivity contribution in [1.29, 1.82) is 0 Å². The van der Waals surface area contributed by atoms with Crippen molar-refractivity contribution in [3.8, 4) is 0 Å². The minimum absolute atomic E-state index is 0.623. The summed E-state index contributed by atoms with van der Waals surface area (Å²) in [4.78, 5) is 11.6. The van der Waals surface area contributed by atoms with Gasteiger partial charge in [-0.3, -0.25) is 0 Å². The van der Waals surface area contributed by atoms with Crippen LogP contribution in [-0.4, -0.2) is 43.3 Å². The molecule has 1 aliphatic rings. The van der Waals surface area contributed by atoms with Gasteiger partial charge in [-0.1, -0.05) is 17.7 Å². The van der Waals surface area contributed by atoms with E-state index in [9.17, 15) is 0 Å². The van der Waals surface area contributed by atoms with Gasteiger partial charge in [-0.2, -0.15) is 9.97 Å². The Morgan fingerprint density at radius 2 is 1.84 bits per heavy atom. The molecule has 0 amide bonds. The zero-order chi connectivity index (χ0) is 17.5. The number of nitrogens with zero attached hydrogens (tertiary/aromatic N) is 3. The van der Waals surface area contributed by atoms with E-state index >= 15 is 0 Å². The summed E-state index contributed by atoms with van der Waals surface area (Å²) in [6.07, 6.45) is 3.74. The Morgan fingerprint density at radius 3 is 2.56 bits per heavy atom. The molecule has 1 fully saturated rings. The number of hydrogen-bond acceptors (Lipinski definition) is 6. The molecular weight excluding hydrogens is 314 g/mol. The highest BCUT2D eigenvalue weighted by atomic mass is 16.5. The van der Waals surface area contributed by atoms with Crippen LogP contribution in [0.25, 0.3) is 0 Å². The molecule has 2 N–H and O–H groups in total. The molecule has 1 aromatic heterocycles. The summed E-state index contributed by atoms with van der Waals surface area (Å²) in [7, 11) is 1.69. The molecular formula is C19H27N5O. The first-order valence-corrected chi connectivity index (χ1v) is 8.95. The van der Waals surface area contributed by atoms with Crippen molar-refractivity contribution in [2.75, 3.05) is 48.9 Å². The van der Waals surface area contributed by atoms with E-state index in [-0.39, 0.29) is 0 Å². The second-order valence-electron chi connectivity index (χ2n) is 6.39. The van der Waals surface area contributed by atoms with Gasteiger partial charge in [0.05, 0.1) is 6.61 Å². The predicted molar refractivity (Wildman–Crippen MR) is 103 cm³/mol. The first-order valence-electron chi connectivity index (χ1n) is 8.95. The van der Waals surface area contributed by atoms with Crippen molar-refractivity contribution in [3.63, 3.8) is 0 Å². The van der Waals surface area contributed by atoms with E-state index in [1.165, 1.54) is 24.8 Å². The second-order valence-corrected chi connectivity index (χ2v) is 6.39. The Morgan fingerprint density at radius 1 is 1.08 bits per heavy atom. The third-order valence-electron chi connectivity index (χ3n) is 4.31. The molecule has 1 aliphatic heterocycles. The fourth-order valence-corrected chi connectivity index (χ4v) is 2.91. The highest BCUT2D eigenvalue weighted by Crippen LogP contribution is 2.24. The van der Waals surface area contributed by atoms with Crippen LogP contribution in [-0.2, 0) is 4.74 Å². The maximum absolute atomic E-state index is 5.10. The highest BCUT2D eigenvalue weighted by molar-refractivity contribution is 5.62. The molecule has 0 bridgehead atoms. The molecule has 0 atom stereocenters. The van der Waals surface area contributed by atoms with Gasteiger partial charge in [0, 0.05) is 38.5 Å². The average molecular weight is 341 g/mol. The number of ether oxygens (including phenoxy) is 1. The number of methoxy groups -OCH3 is 1. The molecule has 25 heavy (non-hydrogen) atoms. The van der Waals surface area contributed by atoms with Gasteiger partial charge in [0.25, 0.3) is 0 Å². The minimum Gasteiger partial charge on any atom is -0.383 e. The predicted octanol–water partition coefficient (Wildman–Crippen LogP) is 3.58. The minimum atomic E-state index is 0.623. The van der Waals surface area contributed by atoms with Crippen molar-refractivity contribution >= 4 is 23.3 Å². The van der Waals surface area contributed by atoms with E-state index in [2.05, 4.69) is 51.7 Å². The Bertz CT molecular complexity index is 668. The van der Waals surface area contributed by atoms with Crippen LogP contribution in [0.4, 0.5) is 23.3 Å². The van der Waals surface area contributed by atoms with Gasteiger partial charge in [-0.25, -0.2) is 0 Å². The molecule has 0 unspecified atom stereocenters. The molecule has 6 heteroatoms. The highest BCUT2D eigenvalue weighted by Gasteiger charge is 2.15. The quantitative estimate of drug-likeness (QED) is 0.751. The van der Waals surface area contributed by atoms with Gasteiger partial charge >= 0.3 is 0 Å². The zero-order valence-corrected chi connectivity index (χ0v) is 15.1. The summed E-state index contributed by atoms with van der Waals surface area (Å²) in [5, 5.41) is 6.64. The van der Waals surface area contributed by atoms with E-state index < -0.39 is 0 Å². The Labute approximate surface area is 149 Å². The van der Waals surface area contributed by atoms with Crippen molar-refractivity contribution < 1.29 is 4.74 Å². The van der Waals surface area contributed by atoms with Crippen LogP contribution in [0, 0.1) is 6.92 Å². The first-order chi connectivity index (χ1) is 12.2. The molecule has 3 rings (SSSR count). The number of piperidine rings is 1. The van der Waals surface area contributed by atoms with E-state index in [0.29, 0.717) is 19.1 Å². The van der Waals surface area contributed by atoms with Gasteiger partial charge < -0.3 is 20.3 Å². The van der Waals surface area contributed by atoms with Crippen LogP contribution in [0.1, 0.15) is 24.8 Å². The van der Waals surface area contributed by atoms with Crippen molar-refractivity contribution in [1.82, 2.24) is 9.97 Å². The second kappa shape index (κ2) is 8.67. The van der Waals surface area contributed by atoms with E-state index in [1.807, 2.05) is 6.07 Å². The lowest BCUT2D eigenvalue weighted by atomic mass is 10.1. The maximum atomic E-state index is 5.10. The number of aromatic nitrogens is 2. The van der Waals surface area contributed by atoms with Crippen LogP contribution in [0.3, 0.4) is 0 Å². The lowest BCUT2D eigenvalue weighted by molar-refractivity contribution is 0.210. The normalized spacial score (nSPS) is 14.4. The van der Waals surface area contributed by atoms with Crippen molar-refractivity contribution in [2.45, 2.75) is 26.2 Å². The number of aryl methyl sites for hydroxylation is 1. The fourth-order valence-electron chi connectivity index (χ4n) is 2.91. The Kier molecular flexibility index (Phi) is 6.06. The molecule has 0 aliphatic carbocycles. The molecule has 1 saturated heterocycles. The summed E-state index contributed by atoms with van der Waals surface area (Å²) in [6, 6.07) is 10.3. The number of nitrogens with one attached hydrogen (secondary N) is 2. The largest absolute Gasteiger partial charge is 0.383 e. The molecule has 6 nitrogen and oxygen atoms in total. The Hall–Kier alpha value is -2.34. The smallest absolute Gasteiger partial charge is 0.226 e. The molecule has 134 valence electrons. The molecule has 0 spiro atoms. The van der Waals surface area contributed by atoms with Crippen LogP contribution >= 0.6 is 0 Å². The summed E-state index contributed by atoms with van der Waals surface area (Å²) in [6.45, 7) is 5.50. The fraction of sp³-hybridized carbons (Fsp3) is 0.474. The molecule has 2 aromatic rings. The summed E-state index contributed by atoms with van der Waals surface area (Å²) in [5.74, 6) is 2.42.